The lowest BCUT2D eigenvalue weighted by Gasteiger charge is -2.32. The molecule has 2 heterocycles. The number of benzene rings is 2. The van der Waals surface area contributed by atoms with Crippen LogP contribution in [0.5, 0.6) is 11.5 Å². The predicted molar refractivity (Wildman–Crippen MR) is 115 cm³/mol. The fraction of sp³-hybridized carbons (Fsp3) is 0.375. The van der Waals surface area contributed by atoms with Crippen LogP contribution in [0.25, 0.3) is 10.9 Å². The van der Waals surface area contributed by atoms with Crippen molar-refractivity contribution in [2.75, 3.05) is 27.3 Å². The van der Waals surface area contributed by atoms with Gasteiger partial charge in [0, 0.05) is 35.6 Å². The molecule has 0 saturated carbocycles. The summed E-state index contributed by atoms with van der Waals surface area (Å²) in [5.74, 6) is 1.72. The summed E-state index contributed by atoms with van der Waals surface area (Å²) in [5, 5.41) is 1.19. The Balaban J connectivity index is 1.51. The minimum atomic E-state index is 0.00447. The van der Waals surface area contributed by atoms with Gasteiger partial charge in [0.25, 0.3) is 0 Å². The van der Waals surface area contributed by atoms with Crippen molar-refractivity contribution in [2.24, 2.45) is 5.92 Å². The van der Waals surface area contributed by atoms with Gasteiger partial charge in [-0.1, -0.05) is 12.1 Å². The Bertz CT molecular complexity index is 1020. The highest BCUT2D eigenvalue weighted by Crippen LogP contribution is 2.29. The zero-order valence-electron chi connectivity index (χ0n) is 17.3. The zero-order valence-corrected chi connectivity index (χ0v) is 17.3. The van der Waals surface area contributed by atoms with Crippen LogP contribution in [0.15, 0.2) is 42.5 Å². The molecule has 1 aliphatic rings. The number of nitrogens with zero attached hydrogens (tertiary/aromatic N) is 1. The molecule has 0 unspecified atom stereocenters. The van der Waals surface area contributed by atoms with Crippen LogP contribution < -0.4 is 9.47 Å². The topological polar surface area (TPSA) is 54.6 Å². The summed E-state index contributed by atoms with van der Waals surface area (Å²) >= 11 is 0. The number of aryl methyl sites for hydroxylation is 1. The van der Waals surface area contributed by atoms with E-state index in [2.05, 4.69) is 28.9 Å². The van der Waals surface area contributed by atoms with E-state index >= 15 is 0 Å². The van der Waals surface area contributed by atoms with Gasteiger partial charge in [0.15, 0.2) is 5.78 Å². The first-order chi connectivity index (χ1) is 14.1. The molecule has 1 fully saturated rings. The normalized spacial score (nSPS) is 17.4. The number of ether oxygens (including phenoxy) is 2. The molecule has 0 spiro atoms. The molecule has 0 radical (unpaired) electrons. The fourth-order valence-corrected chi connectivity index (χ4v) is 4.35. The number of H-pyrrole nitrogens is 1. The van der Waals surface area contributed by atoms with Crippen molar-refractivity contribution in [2.45, 2.75) is 26.3 Å². The van der Waals surface area contributed by atoms with Crippen molar-refractivity contribution < 1.29 is 14.3 Å². The van der Waals surface area contributed by atoms with Gasteiger partial charge < -0.3 is 14.5 Å². The van der Waals surface area contributed by atoms with Gasteiger partial charge in [0.2, 0.25) is 0 Å². The second-order valence-corrected chi connectivity index (χ2v) is 7.78. The van der Waals surface area contributed by atoms with Crippen molar-refractivity contribution in [3.63, 3.8) is 0 Å². The van der Waals surface area contributed by atoms with Crippen molar-refractivity contribution in [3.8, 4) is 11.5 Å². The molecule has 1 aliphatic heterocycles. The first-order valence-electron chi connectivity index (χ1n) is 10.2. The number of piperidine rings is 1. The number of para-hydroxylation sites is 1. The van der Waals surface area contributed by atoms with E-state index in [1.54, 1.807) is 14.2 Å². The third-order valence-electron chi connectivity index (χ3n) is 6.00. The summed E-state index contributed by atoms with van der Waals surface area (Å²) in [7, 11) is 3.31. The number of fused-ring (bicyclic) bond motifs is 1. The number of aromatic nitrogens is 1. The Morgan fingerprint density at radius 1 is 1.17 bits per heavy atom. The maximum atomic E-state index is 13.1. The van der Waals surface area contributed by atoms with Gasteiger partial charge in [-0.15, -0.1) is 0 Å². The maximum Gasteiger partial charge on any atom is 0.170 e. The molecular weight excluding hydrogens is 364 g/mol. The van der Waals surface area contributed by atoms with Crippen LogP contribution in [0.3, 0.4) is 0 Å². The van der Waals surface area contributed by atoms with E-state index in [0.29, 0.717) is 11.3 Å². The number of carbonyl (C=O) groups is 1. The average Bonchev–Trinajstić information content (AvgIpc) is 3.08. The second-order valence-electron chi connectivity index (χ2n) is 7.78. The summed E-state index contributed by atoms with van der Waals surface area (Å²) in [6.45, 7) is 4.75. The number of rotatable bonds is 6. The second kappa shape index (κ2) is 8.29. The summed E-state index contributed by atoms with van der Waals surface area (Å²) in [6, 6.07) is 13.6. The van der Waals surface area contributed by atoms with E-state index in [1.807, 2.05) is 30.3 Å². The lowest BCUT2D eigenvalue weighted by atomic mass is 9.89. The van der Waals surface area contributed by atoms with E-state index in [4.69, 9.17) is 9.47 Å². The van der Waals surface area contributed by atoms with Gasteiger partial charge in [-0.25, -0.2) is 0 Å². The summed E-state index contributed by atoms with van der Waals surface area (Å²) in [5.41, 5.74) is 4.27. The summed E-state index contributed by atoms with van der Waals surface area (Å²) < 4.78 is 10.8. The zero-order chi connectivity index (χ0) is 20.4. The minimum absolute atomic E-state index is 0.00447. The van der Waals surface area contributed by atoms with Crippen LogP contribution in [0.1, 0.15) is 34.5 Å². The number of nitrogens with one attached hydrogen (secondary N) is 1. The Morgan fingerprint density at radius 2 is 2.00 bits per heavy atom. The molecule has 5 heteroatoms. The maximum absolute atomic E-state index is 13.1. The van der Waals surface area contributed by atoms with Crippen molar-refractivity contribution >= 4 is 16.7 Å². The van der Waals surface area contributed by atoms with Crippen molar-refractivity contribution in [1.29, 1.82) is 0 Å². The largest absolute Gasteiger partial charge is 0.497 e. The third kappa shape index (κ3) is 3.87. The van der Waals surface area contributed by atoms with Gasteiger partial charge in [-0.05, 0) is 62.2 Å². The fourth-order valence-electron chi connectivity index (χ4n) is 4.35. The number of likely N-dealkylation sites (tertiary alicyclic amines) is 1. The van der Waals surface area contributed by atoms with Crippen LogP contribution in [-0.4, -0.2) is 43.0 Å². The van der Waals surface area contributed by atoms with Gasteiger partial charge >= 0.3 is 0 Å². The molecule has 0 bridgehead atoms. The predicted octanol–water partition coefficient (Wildman–Crippen LogP) is 4.59. The van der Waals surface area contributed by atoms with E-state index < -0.39 is 0 Å². The third-order valence-corrected chi connectivity index (χ3v) is 6.00. The van der Waals surface area contributed by atoms with E-state index in [1.165, 1.54) is 16.6 Å². The van der Waals surface area contributed by atoms with Crippen LogP contribution in [-0.2, 0) is 6.54 Å². The van der Waals surface area contributed by atoms with Gasteiger partial charge in [0.1, 0.15) is 11.5 Å². The van der Waals surface area contributed by atoms with E-state index in [9.17, 15) is 4.79 Å². The van der Waals surface area contributed by atoms with Crippen LogP contribution in [0.4, 0.5) is 0 Å². The molecule has 0 amide bonds. The van der Waals surface area contributed by atoms with Crippen molar-refractivity contribution in [3.05, 3.63) is 59.3 Å². The van der Waals surface area contributed by atoms with E-state index in [-0.39, 0.29) is 11.7 Å². The standard InChI is InChI=1S/C24H28N2O3/c1-16-20-13-18(28-2)10-11-21(20)25-22(16)15-26-12-6-7-17(14-26)24(27)19-8-4-5-9-23(19)29-3/h4-5,8-11,13,17,25H,6-7,12,14-15H2,1-3H3/t17-/m1/s1. The number of aromatic amines is 1. The first kappa shape index (κ1) is 19.5. The lowest BCUT2D eigenvalue weighted by molar-refractivity contribution is 0.0807. The lowest BCUT2D eigenvalue weighted by Crippen LogP contribution is -2.38. The molecule has 4 rings (SSSR count). The number of ketones is 1. The number of methoxy groups -OCH3 is 2. The molecule has 1 aromatic heterocycles. The summed E-state index contributed by atoms with van der Waals surface area (Å²) in [6.07, 6.45) is 1.95. The molecule has 1 atom stereocenters. The highest BCUT2D eigenvalue weighted by Gasteiger charge is 2.28. The molecule has 1 N–H and O–H groups in total. The molecule has 5 nitrogen and oxygen atoms in total. The van der Waals surface area contributed by atoms with Crippen molar-refractivity contribution in [1.82, 2.24) is 9.88 Å². The quantitative estimate of drug-likeness (QED) is 0.624. The average molecular weight is 392 g/mol. The van der Waals surface area contributed by atoms with Gasteiger partial charge in [-0.2, -0.15) is 0 Å². The number of hydrogen-bond donors (Lipinski definition) is 1. The van der Waals surface area contributed by atoms with Crippen LogP contribution in [0, 0.1) is 12.8 Å². The van der Waals surface area contributed by atoms with Gasteiger partial charge in [0.05, 0.1) is 19.8 Å². The SMILES string of the molecule is COc1ccc2[nH]c(CN3CCC[C@@H](C(=O)c4ccccc4OC)C3)c(C)c2c1. The van der Waals surface area contributed by atoms with Crippen LogP contribution in [0.2, 0.25) is 0 Å². The minimum Gasteiger partial charge on any atom is -0.497 e. The molecule has 152 valence electrons. The molecule has 3 aromatic rings. The smallest absolute Gasteiger partial charge is 0.170 e. The molecule has 1 saturated heterocycles. The first-order valence-corrected chi connectivity index (χ1v) is 10.2. The van der Waals surface area contributed by atoms with E-state index in [0.717, 1.165) is 43.7 Å². The number of carbonyl (C=O) groups excluding carboxylic acids is 1. The molecular formula is C24H28N2O3. The Hall–Kier alpha value is -2.79. The highest BCUT2D eigenvalue weighted by atomic mass is 16.5. The number of hydrogen-bond acceptors (Lipinski definition) is 4. The molecule has 29 heavy (non-hydrogen) atoms. The highest BCUT2D eigenvalue weighted by molar-refractivity contribution is 6.00. The Labute approximate surface area is 171 Å². The molecule has 0 aliphatic carbocycles. The molecule has 2 aromatic carbocycles. The monoisotopic (exact) mass is 392 g/mol. The Morgan fingerprint density at radius 3 is 2.79 bits per heavy atom. The number of Topliss-reactive ketones (excluding diaryl/α,β-unsaturated/α-hetero) is 1. The summed E-state index contributed by atoms with van der Waals surface area (Å²) in [4.78, 5) is 19.1. The van der Waals surface area contributed by atoms with Gasteiger partial charge in [-0.3, -0.25) is 9.69 Å². The van der Waals surface area contributed by atoms with Crippen LogP contribution >= 0.6 is 0 Å². The Kier molecular flexibility index (Phi) is 5.58.